The SMILES string of the molecule is Cc1cn(C)n2c(=O)c(/C(C=NCC(F)(F)C(F)(F)F)=C/N)c(C(F)(F)F)nc12. The van der Waals surface area contributed by atoms with Crippen molar-refractivity contribution in [1.82, 2.24) is 14.2 Å². The van der Waals surface area contributed by atoms with Gasteiger partial charge in [-0.3, -0.25) is 14.5 Å². The molecule has 2 N–H and O–H groups in total. The number of hydrogen-bond donors (Lipinski definition) is 1. The first-order valence-electron chi connectivity index (χ1n) is 7.64. The predicted octanol–water partition coefficient (Wildman–Crippen LogP) is 2.93. The van der Waals surface area contributed by atoms with Gasteiger partial charge < -0.3 is 5.73 Å². The van der Waals surface area contributed by atoms with E-state index >= 15 is 0 Å². The molecule has 2 aromatic heterocycles. The molecule has 0 fully saturated rings. The highest BCUT2D eigenvalue weighted by molar-refractivity contribution is 6.10. The Morgan fingerprint density at radius 2 is 1.79 bits per heavy atom. The summed E-state index contributed by atoms with van der Waals surface area (Å²) in [5.41, 5.74) is 0.218. The summed E-state index contributed by atoms with van der Waals surface area (Å²) in [7, 11) is 1.34. The molecule has 29 heavy (non-hydrogen) atoms. The molecule has 0 atom stereocenters. The standard InChI is InChI=1S/C15H13F8N5O/c1-7-5-27(2)28-11(7)26-10(14(18,19)20)9(12(28)29)8(3-24)4-25-6-13(16,17)15(21,22)23/h3-5H,6,24H2,1-2H3/b8-3+,25-4?. The molecule has 160 valence electrons. The summed E-state index contributed by atoms with van der Waals surface area (Å²) < 4.78 is 105. The molecule has 14 heteroatoms. The van der Waals surface area contributed by atoms with Gasteiger partial charge in [0.05, 0.1) is 5.56 Å². The van der Waals surface area contributed by atoms with E-state index in [9.17, 15) is 39.9 Å². The molecule has 6 nitrogen and oxygen atoms in total. The number of fused-ring (bicyclic) bond motifs is 1. The van der Waals surface area contributed by atoms with Crippen LogP contribution in [0.5, 0.6) is 0 Å². The molecule has 0 radical (unpaired) electrons. The van der Waals surface area contributed by atoms with Crippen molar-refractivity contribution in [2.45, 2.75) is 25.2 Å². The van der Waals surface area contributed by atoms with Crippen molar-refractivity contribution < 1.29 is 35.1 Å². The van der Waals surface area contributed by atoms with Crippen molar-refractivity contribution in [1.29, 1.82) is 0 Å². The lowest BCUT2D eigenvalue weighted by atomic mass is 10.1. The van der Waals surface area contributed by atoms with Crippen LogP contribution in [0.1, 0.15) is 16.8 Å². The van der Waals surface area contributed by atoms with E-state index in [4.69, 9.17) is 5.73 Å². The zero-order valence-electron chi connectivity index (χ0n) is 14.7. The normalized spacial score (nSPS) is 14.3. The minimum atomic E-state index is -5.91. The number of halogens is 8. The number of alkyl halides is 8. The molecule has 0 aliphatic rings. The zero-order valence-corrected chi connectivity index (χ0v) is 14.7. The molecular weight excluding hydrogens is 418 g/mol. The minimum Gasteiger partial charge on any atom is -0.404 e. The van der Waals surface area contributed by atoms with E-state index in [1.54, 1.807) is 0 Å². The first kappa shape index (κ1) is 22.4. The molecule has 0 bridgehead atoms. The van der Waals surface area contributed by atoms with Crippen LogP contribution in [0.15, 0.2) is 22.2 Å². The number of rotatable bonds is 4. The average Bonchev–Trinajstić information content (AvgIpc) is 2.84. The van der Waals surface area contributed by atoms with Gasteiger partial charge in [0.1, 0.15) is 6.54 Å². The van der Waals surface area contributed by atoms with Gasteiger partial charge in [-0.05, 0) is 6.92 Å². The second-order valence-corrected chi connectivity index (χ2v) is 5.95. The van der Waals surface area contributed by atoms with E-state index in [0.717, 1.165) is 9.20 Å². The lowest BCUT2D eigenvalue weighted by Gasteiger charge is -2.17. The highest BCUT2D eigenvalue weighted by Crippen LogP contribution is 2.36. The second-order valence-electron chi connectivity index (χ2n) is 5.95. The number of nitrogens with zero attached hydrogens (tertiary/aromatic N) is 4. The number of aryl methyl sites for hydroxylation is 2. The first-order valence-corrected chi connectivity index (χ1v) is 7.64. The maximum Gasteiger partial charge on any atom is 0.455 e. The van der Waals surface area contributed by atoms with Crippen LogP contribution < -0.4 is 11.3 Å². The molecule has 0 spiro atoms. The fraction of sp³-hybridized carbons (Fsp3) is 0.400. The summed E-state index contributed by atoms with van der Waals surface area (Å²) in [4.78, 5) is 18.9. The maximum atomic E-state index is 13.5. The molecule has 2 heterocycles. The maximum absolute atomic E-state index is 13.5. The van der Waals surface area contributed by atoms with Gasteiger partial charge in [0.2, 0.25) is 0 Å². The van der Waals surface area contributed by atoms with Crippen LogP contribution in [0, 0.1) is 6.92 Å². The summed E-state index contributed by atoms with van der Waals surface area (Å²) in [5, 5.41) is 0. The number of aromatic nitrogens is 3. The van der Waals surface area contributed by atoms with Crippen molar-refractivity contribution in [3.05, 3.63) is 39.6 Å². The van der Waals surface area contributed by atoms with Crippen LogP contribution in [0.4, 0.5) is 35.1 Å². The molecule has 0 saturated heterocycles. The van der Waals surface area contributed by atoms with Gasteiger partial charge in [-0.2, -0.15) is 39.6 Å². The Kier molecular flexibility index (Phi) is 5.51. The largest absolute Gasteiger partial charge is 0.455 e. The third-order valence-corrected chi connectivity index (χ3v) is 3.78. The Morgan fingerprint density at radius 1 is 1.21 bits per heavy atom. The number of nitrogens with two attached hydrogens (primary N) is 1. The second kappa shape index (κ2) is 7.15. The third kappa shape index (κ3) is 4.10. The molecule has 0 aromatic carbocycles. The van der Waals surface area contributed by atoms with Crippen LogP contribution in [0.25, 0.3) is 11.2 Å². The minimum absolute atomic E-state index is 0.235. The smallest absolute Gasteiger partial charge is 0.404 e. The van der Waals surface area contributed by atoms with Gasteiger partial charge in [0.25, 0.3) is 5.56 Å². The van der Waals surface area contributed by atoms with Gasteiger partial charge in [0, 0.05) is 36.8 Å². The molecule has 0 aliphatic carbocycles. The Balaban J connectivity index is 2.66. The molecular formula is C15H13F8N5O. The Morgan fingerprint density at radius 3 is 2.28 bits per heavy atom. The lowest BCUT2D eigenvalue weighted by molar-refractivity contribution is -0.276. The van der Waals surface area contributed by atoms with E-state index < -0.39 is 47.2 Å². The molecule has 0 amide bonds. The first-order chi connectivity index (χ1) is 13.1. The lowest BCUT2D eigenvalue weighted by Crippen LogP contribution is -2.39. The van der Waals surface area contributed by atoms with Crippen LogP contribution in [-0.2, 0) is 13.2 Å². The van der Waals surface area contributed by atoms with Gasteiger partial charge in [-0.15, -0.1) is 0 Å². The quantitative estimate of drug-likeness (QED) is 0.598. The summed E-state index contributed by atoms with van der Waals surface area (Å²) >= 11 is 0. The number of aliphatic imine (C=N–C) groups is 1. The van der Waals surface area contributed by atoms with Crippen molar-refractivity contribution in [2.75, 3.05) is 6.54 Å². The van der Waals surface area contributed by atoms with Crippen molar-refractivity contribution >= 4 is 17.4 Å². The Labute approximate surface area is 156 Å². The van der Waals surface area contributed by atoms with Crippen molar-refractivity contribution in [3.63, 3.8) is 0 Å². The number of allylic oxidation sites excluding steroid dienone is 1. The topological polar surface area (TPSA) is 77.7 Å². The van der Waals surface area contributed by atoms with Gasteiger partial charge in [-0.25, -0.2) is 4.98 Å². The van der Waals surface area contributed by atoms with Gasteiger partial charge in [0.15, 0.2) is 11.3 Å². The van der Waals surface area contributed by atoms with E-state index in [1.165, 1.54) is 20.2 Å². The molecule has 2 rings (SSSR count). The van der Waals surface area contributed by atoms with Crippen molar-refractivity contribution in [3.8, 4) is 0 Å². The highest BCUT2D eigenvalue weighted by Gasteiger charge is 2.57. The fourth-order valence-electron chi connectivity index (χ4n) is 2.46. The summed E-state index contributed by atoms with van der Waals surface area (Å²) in [6.45, 7) is -0.697. The van der Waals surface area contributed by atoms with E-state index in [-0.39, 0.29) is 17.4 Å². The van der Waals surface area contributed by atoms with Crippen molar-refractivity contribution in [2.24, 2.45) is 17.8 Å². The summed E-state index contributed by atoms with van der Waals surface area (Å²) in [5.74, 6) is -5.22. The predicted molar refractivity (Wildman–Crippen MR) is 86.7 cm³/mol. The molecule has 2 aromatic rings. The zero-order chi connectivity index (χ0) is 22.4. The Bertz CT molecular complexity index is 1040. The summed E-state index contributed by atoms with van der Waals surface area (Å²) in [6.07, 6.45) is -9.06. The Hall–Kier alpha value is -2.93. The highest BCUT2D eigenvalue weighted by atomic mass is 19.4. The number of hydrogen-bond acceptors (Lipinski definition) is 4. The third-order valence-electron chi connectivity index (χ3n) is 3.78. The van der Waals surface area contributed by atoms with E-state index in [2.05, 4.69) is 9.98 Å². The average molecular weight is 431 g/mol. The van der Waals surface area contributed by atoms with Crippen LogP contribution >= 0.6 is 0 Å². The monoisotopic (exact) mass is 431 g/mol. The summed E-state index contributed by atoms with van der Waals surface area (Å²) in [6, 6.07) is 0. The van der Waals surface area contributed by atoms with Gasteiger partial charge in [-0.1, -0.05) is 0 Å². The molecule has 0 aliphatic heterocycles. The van der Waals surface area contributed by atoms with E-state index in [0.29, 0.717) is 6.20 Å². The fourth-order valence-corrected chi connectivity index (χ4v) is 2.46. The molecule has 0 unspecified atom stereocenters. The van der Waals surface area contributed by atoms with Gasteiger partial charge >= 0.3 is 18.3 Å². The van der Waals surface area contributed by atoms with Crippen LogP contribution in [0.2, 0.25) is 0 Å². The van der Waals surface area contributed by atoms with E-state index in [1.807, 2.05) is 0 Å². The van der Waals surface area contributed by atoms with Crippen LogP contribution in [0.3, 0.4) is 0 Å². The molecule has 0 saturated carbocycles. The van der Waals surface area contributed by atoms with Crippen LogP contribution in [-0.4, -0.2) is 39.0 Å².